The van der Waals surface area contributed by atoms with Crippen molar-refractivity contribution in [3.05, 3.63) is 76.8 Å². The zero-order valence-electron chi connectivity index (χ0n) is 11.8. The van der Waals surface area contributed by atoms with E-state index in [1.165, 1.54) is 0 Å². The number of para-hydroxylation sites is 1. The molecule has 3 nitrogen and oxygen atoms in total. The third-order valence-corrected chi connectivity index (χ3v) is 3.87. The Morgan fingerprint density at radius 1 is 1.05 bits per heavy atom. The number of aryl methyl sites for hydroxylation is 1. The fourth-order valence-corrected chi connectivity index (χ4v) is 2.57. The molecular weight excluding hydrogens is 326 g/mol. The molecule has 0 saturated carbocycles. The molecule has 0 bridgehead atoms. The van der Waals surface area contributed by atoms with Gasteiger partial charge < -0.3 is 5.32 Å². The van der Waals surface area contributed by atoms with Gasteiger partial charge in [0, 0.05) is 15.8 Å². The summed E-state index contributed by atoms with van der Waals surface area (Å²) in [6, 6.07) is 18.5. The number of benzene rings is 2. The molecule has 1 N–H and O–H groups in total. The van der Waals surface area contributed by atoms with Gasteiger partial charge >= 0.3 is 0 Å². The van der Waals surface area contributed by atoms with Crippen molar-refractivity contribution in [2.75, 3.05) is 5.32 Å². The fraction of sp³-hybridized carbons (Fsp3) is 0.118. The van der Waals surface area contributed by atoms with E-state index in [1.807, 2.05) is 43.5 Å². The quantitative estimate of drug-likeness (QED) is 0.754. The maximum atomic E-state index is 4.43. The smallest absolute Gasteiger partial charge is 0.110 e. The van der Waals surface area contributed by atoms with Crippen LogP contribution in [0.5, 0.6) is 0 Å². The summed E-state index contributed by atoms with van der Waals surface area (Å²) < 4.78 is 3.25. The van der Waals surface area contributed by atoms with Gasteiger partial charge in [0.1, 0.15) is 5.82 Å². The molecule has 0 fully saturated rings. The molecule has 1 aromatic heterocycles. The first-order valence-electron chi connectivity index (χ1n) is 6.82. The highest BCUT2D eigenvalue weighted by Gasteiger charge is 2.08. The van der Waals surface area contributed by atoms with Crippen molar-refractivity contribution in [1.29, 1.82) is 0 Å². The molecule has 0 unspecified atom stereocenters. The van der Waals surface area contributed by atoms with E-state index >= 15 is 0 Å². The topological polar surface area (TPSA) is 29.9 Å². The number of hydrogen-bond donors (Lipinski definition) is 1. The Labute approximate surface area is 132 Å². The van der Waals surface area contributed by atoms with Crippen LogP contribution < -0.4 is 5.32 Å². The van der Waals surface area contributed by atoms with Crippen LogP contribution in [-0.4, -0.2) is 9.55 Å². The Hall–Kier alpha value is -2.07. The minimum absolute atomic E-state index is 0.733. The van der Waals surface area contributed by atoms with Crippen molar-refractivity contribution in [2.45, 2.75) is 13.5 Å². The first kappa shape index (κ1) is 13.9. The minimum Gasteiger partial charge on any atom is -0.379 e. The molecule has 21 heavy (non-hydrogen) atoms. The summed E-state index contributed by atoms with van der Waals surface area (Å²) >= 11 is 3.45. The number of halogens is 1. The van der Waals surface area contributed by atoms with Crippen LogP contribution in [-0.2, 0) is 6.54 Å². The summed E-state index contributed by atoms with van der Waals surface area (Å²) in [6.07, 6.45) is 1.92. The maximum Gasteiger partial charge on any atom is 0.110 e. The number of rotatable bonds is 4. The minimum atomic E-state index is 0.733. The van der Waals surface area contributed by atoms with Gasteiger partial charge in [-0.3, -0.25) is 4.57 Å². The van der Waals surface area contributed by atoms with Crippen molar-refractivity contribution >= 4 is 21.6 Å². The molecule has 0 amide bonds. The predicted octanol–water partition coefficient (Wildman–Crippen LogP) is 4.56. The second-order valence-electron chi connectivity index (χ2n) is 4.83. The average molecular weight is 342 g/mol. The highest BCUT2D eigenvalue weighted by atomic mass is 79.9. The number of imidazole rings is 1. The molecular formula is C17H16BrN3. The van der Waals surface area contributed by atoms with Crippen molar-refractivity contribution in [3.8, 4) is 5.69 Å². The molecule has 0 atom stereocenters. The van der Waals surface area contributed by atoms with E-state index in [1.54, 1.807) is 0 Å². The number of nitrogens with zero attached hydrogens (tertiary/aromatic N) is 2. The molecule has 0 aliphatic carbocycles. The predicted molar refractivity (Wildman–Crippen MR) is 89.8 cm³/mol. The SMILES string of the molecule is Cc1ncc(CNc2ccc(Br)cc2)n1-c1ccccc1. The molecule has 0 saturated heterocycles. The lowest BCUT2D eigenvalue weighted by atomic mass is 10.3. The highest BCUT2D eigenvalue weighted by Crippen LogP contribution is 2.18. The van der Waals surface area contributed by atoms with Crippen LogP contribution in [0.3, 0.4) is 0 Å². The number of nitrogens with one attached hydrogen (secondary N) is 1. The van der Waals surface area contributed by atoms with Gasteiger partial charge in [-0.05, 0) is 43.3 Å². The van der Waals surface area contributed by atoms with Gasteiger partial charge in [0.15, 0.2) is 0 Å². The molecule has 3 rings (SSSR count). The molecule has 1 heterocycles. The summed E-state index contributed by atoms with van der Waals surface area (Å²) in [6.45, 7) is 2.76. The molecule has 4 heteroatoms. The van der Waals surface area contributed by atoms with Gasteiger partial charge in [-0.25, -0.2) is 4.98 Å². The second kappa shape index (κ2) is 6.14. The normalized spacial score (nSPS) is 10.6. The third-order valence-electron chi connectivity index (χ3n) is 3.34. The van der Waals surface area contributed by atoms with E-state index in [-0.39, 0.29) is 0 Å². The molecule has 0 radical (unpaired) electrons. The first-order chi connectivity index (χ1) is 10.2. The number of hydrogen-bond acceptors (Lipinski definition) is 2. The summed E-state index contributed by atoms with van der Waals surface area (Å²) in [5.41, 5.74) is 3.37. The Morgan fingerprint density at radius 2 is 1.76 bits per heavy atom. The van der Waals surface area contributed by atoms with Crippen LogP contribution in [0.2, 0.25) is 0 Å². The van der Waals surface area contributed by atoms with E-state index in [2.05, 4.69) is 55.1 Å². The van der Waals surface area contributed by atoms with E-state index in [0.29, 0.717) is 0 Å². The van der Waals surface area contributed by atoms with Crippen LogP contribution >= 0.6 is 15.9 Å². The van der Waals surface area contributed by atoms with Crippen molar-refractivity contribution in [1.82, 2.24) is 9.55 Å². The van der Waals surface area contributed by atoms with Crippen molar-refractivity contribution in [2.24, 2.45) is 0 Å². The second-order valence-corrected chi connectivity index (χ2v) is 5.74. The molecule has 0 aliphatic heterocycles. The molecule has 0 aliphatic rings. The molecule has 3 aromatic rings. The van der Waals surface area contributed by atoms with Gasteiger partial charge in [0.2, 0.25) is 0 Å². The summed E-state index contributed by atoms with van der Waals surface area (Å²) in [4.78, 5) is 4.43. The van der Waals surface area contributed by atoms with Gasteiger partial charge in [-0.15, -0.1) is 0 Å². The summed E-state index contributed by atoms with van der Waals surface area (Å²) in [7, 11) is 0. The van der Waals surface area contributed by atoms with Gasteiger partial charge in [0.25, 0.3) is 0 Å². The average Bonchev–Trinajstić information content (AvgIpc) is 2.88. The van der Waals surface area contributed by atoms with Crippen LogP contribution in [0, 0.1) is 6.92 Å². The Balaban J connectivity index is 1.82. The standard InChI is InChI=1S/C17H16BrN3/c1-13-19-11-17(21(13)16-5-3-2-4-6-16)12-20-15-9-7-14(18)8-10-15/h2-11,20H,12H2,1H3. The Kier molecular flexibility index (Phi) is 4.06. The fourth-order valence-electron chi connectivity index (χ4n) is 2.31. The number of anilines is 1. The Bertz CT molecular complexity index is 718. The lowest BCUT2D eigenvalue weighted by Crippen LogP contribution is -2.07. The third kappa shape index (κ3) is 3.16. The maximum absolute atomic E-state index is 4.43. The van der Waals surface area contributed by atoms with Crippen LogP contribution in [0.1, 0.15) is 11.5 Å². The van der Waals surface area contributed by atoms with Crippen molar-refractivity contribution < 1.29 is 0 Å². The molecule has 2 aromatic carbocycles. The Morgan fingerprint density at radius 3 is 2.48 bits per heavy atom. The van der Waals surface area contributed by atoms with Gasteiger partial charge in [-0.2, -0.15) is 0 Å². The van der Waals surface area contributed by atoms with Crippen molar-refractivity contribution in [3.63, 3.8) is 0 Å². The zero-order chi connectivity index (χ0) is 14.7. The van der Waals surface area contributed by atoms with E-state index in [0.717, 1.165) is 33.9 Å². The van der Waals surface area contributed by atoms with Gasteiger partial charge in [-0.1, -0.05) is 34.1 Å². The van der Waals surface area contributed by atoms with Gasteiger partial charge in [0.05, 0.1) is 18.4 Å². The summed E-state index contributed by atoms with van der Waals surface area (Å²) in [5, 5.41) is 3.43. The van der Waals surface area contributed by atoms with E-state index < -0.39 is 0 Å². The van der Waals surface area contributed by atoms with E-state index in [4.69, 9.17) is 0 Å². The highest BCUT2D eigenvalue weighted by molar-refractivity contribution is 9.10. The monoisotopic (exact) mass is 341 g/mol. The van der Waals surface area contributed by atoms with Crippen LogP contribution in [0.25, 0.3) is 5.69 Å². The van der Waals surface area contributed by atoms with Crippen LogP contribution in [0.4, 0.5) is 5.69 Å². The largest absolute Gasteiger partial charge is 0.379 e. The number of aromatic nitrogens is 2. The lowest BCUT2D eigenvalue weighted by molar-refractivity contribution is 0.900. The summed E-state index contributed by atoms with van der Waals surface area (Å²) in [5.74, 6) is 0.994. The molecule has 106 valence electrons. The van der Waals surface area contributed by atoms with Crippen LogP contribution in [0.15, 0.2) is 65.3 Å². The molecule has 0 spiro atoms. The first-order valence-corrected chi connectivity index (χ1v) is 7.61. The lowest BCUT2D eigenvalue weighted by Gasteiger charge is -2.12. The van der Waals surface area contributed by atoms with E-state index in [9.17, 15) is 0 Å². The zero-order valence-corrected chi connectivity index (χ0v) is 13.3.